The molecule has 1 aromatic heterocycles. The van der Waals surface area contributed by atoms with Crippen molar-refractivity contribution in [1.82, 2.24) is 20.2 Å². The Kier molecular flexibility index (Phi) is 8.22. The van der Waals surface area contributed by atoms with Crippen molar-refractivity contribution in [2.45, 2.75) is 38.9 Å². The minimum Gasteiger partial charge on any atom is -0.504 e. The minimum atomic E-state index is -4.26. The molecule has 10 nitrogen and oxygen atoms in total. The van der Waals surface area contributed by atoms with E-state index in [9.17, 15) is 17.9 Å². The quantitative estimate of drug-likeness (QED) is 0.328. The molecule has 0 radical (unpaired) electrons. The normalized spacial score (nSPS) is 18.5. The van der Waals surface area contributed by atoms with E-state index in [1.165, 1.54) is 18.2 Å². The molecule has 198 valence electrons. The zero-order chi connectivity index (χ0) is 26.6. The number of piperazine rings is 1. The molecule has 1 aliphatic heterocycles. The number of nitrogens with two attached hydrogens (primary N) is 1. The van der Waals surface area contributed by atoms with Crippen LogP contribution in [0, 0.1) is 5.82 Å². The smallest absolute Gasteiger partial charge is 0.380 e. The van der Waals surface area contributed by atoms with Crippen molar-refractivity contribution in [3.8, 4) is 22.8 Å². The van der Waals surface area contributed by atoms with E-state index in [1.807, 2.05) is 12.1 Å². The highest BCUT2D eigenvalue weighted by atomic mass is 32.2. The van der Waals surface area contributed by atoms with E-state index in [1.54, 1.807) is 18.3 Å². The van der Waals surface area contributed by atoms with Crippen LogP contribution < -0.4 is 20.0 Å². The average molecular weight is 531 g/mol. The summed E-state index contributed by atoms with van der Waals surface area (Å²) in [4.78, 5) is 11.1. The molecule has 0 amide bonds. The number of phenols is 1. The van der Waals surface area contributed by atoms with Crippen LogP contribution >= 0.6 is 0 Å². The Labute approximate surface area is 216 Å². The van der Waals surface area contributed by atoms with E-state index >= 15 is 0 Å². The highest BCUT2D eigenvalue weighted by Gasteiger charge is 2.22. The van der Waals surface area contributed by atoms with Crippen LogP contribution in [0.25, 0.3) is 11.3 Å². The molecule has 0 saturated carbocycles. The third-order valence-corrected chi connectivity index (χ3v) is 6.58. The number of rotatable bonds is 9. The van der Waals surface area contributed by atoms with Crippen LogP contribution in [0.1, 0.15) is 25.0 Å². The van der Waals surface area contributed by atoms with Gasteiger partial charge in [0, 0.05) is 50.0 Å². The van der Waals surface area contributed by atoms with E-state index in [4.69, 9.17) is 5.14 Å². The summed E-state index contributed by atoms with van der Waals surface area (Å²) in [6.07, 6.45) is 2.01. The van der Waals surface area contributed by atoms with Crippen molar-refractivity contribution >= 4 is 16.3 Å². The lowest BCUT2D eigenvalue weighted by Crippen LogP contribution is -2.53. The van der Waals surface area contributed by atoms with Gasteiger partial charge in [-0.1, -0.05) is 12.1 Å². The van der Waals surface area contributed by atoms with E-state index in [-0.39, 0.29) is 17.3 Å². The largest absolute Gasteiger partial charge is 0.504 e. The molecule has 1 aliphatic rings. The lowest BCUT2D eigenvalue weighted by Gasteiger charge is -2.37. The summed E-state index contributed by atoms with van der Waals surface area (Å²) in [5.41, 5.74) is 2.57. The first-order chi connectivity index (χ1) is 17.6. The molecule has 12 heteroatoms. The molecule has 2 aromatic carbocycles. The van der Waals surface area contributed by atoms with Gasteiger partial charge < -0.3 is 19.9 Å². The van der Waals surface area contributed by atoms with Gasteiger partial charge in [-0.2, -0.15) is 13.6 Å². The molecule has 37 heavy (non-hydrogen) atoms. The Morgan fingerprint density at radius 2 is 2.00 bits per heavy atom. The zero-order valence-electron chi connectivity index (χ0n) is 20.7. The number of nitrogens with zero attached hydrogens (tertiary/aromatic N) is 3. The molecular weight excluding hydrogens is 499 g/mol. The third-order valence-electron chi connectivity index (χ3n) is 6.17. The number of hydrogen-bond acceptors (Lipinski definition) is 9. The molecule has 2 heterocycles. The third kappa shape index (κ3) is 7.35. The second-order valence-corrected chi connectivity index (χ2v) is 10.4. The van der Waals surface area contributed by atoms with E-state index in [2.05, 4.69) is 43.5 Å². The van der Waals surface area contributed by atoms with Crippen LogP contribution in [0.15, 0.2) is 48.7 Å². The fourth-order valence-corrected chi connectivity index (χ4v) is 4.62. The molecular formula is C25H31FN6O4S. The Hall–Kier alpha value is -3.32. The van der Waals surface area contributed by atoms with Gasteiger partial charge in [0.1, 0.15) is 5.82 Å². The fraction of sp³-hybridized carbons (Fsp3) is 0.360. The fourth-order valence-electron chi connectivity index (χ4n) is 4.24. The Morgan fingerprint density at radius 3 is 2.78 bits per heavy atom. The highest BCUT2D eigenvalue weighted by molar-refractivity contribution is 7.84. The predicted molar refractivity (Wildman–Crippen MR) is 139 cm³/mol. The number of aromatic hydroxyl groups is 1. The Bertz CT molecular complexity index is 1360. The summed E-state index contributed by atoms with van der Waals surface area (Å²) in [5, 5.41) is 21.2. The van der Waals surface area contributed by atoms with Crippen molar-refractivity contribution in [2.75, 3.05) is 25.0 Å². The van der Waals surface area contributed by atoms with Crippen LogP contribution in [-0.4, -0.2) is 60.1 Å². The van der Waals surface area contributed by atoms with Gasteiger partial charge >= 0.3 is 10.3 Å². The second-order valence-electron chi connectivity index (χ2n) is 9.22. The summed E-state index contributed by atoms with van der Waals surface area (Å²) in [6, 6.07) is 11.9. The van der Waals surface area contributed by atoms with Crippen molar-refractivity contribution < 1.29 is 22.1 Å². The van der Waals surface area contributed by atoms with Crippen molar-refractivity contribution in [3.63, 3.8) is 0 Å². The summed E-state index contributed by atoms with van der Waals surface area (Å²) in [7, 11) is -4.26. The van der Waals surface area contributed by atoms with Gasteiger partial charge in [-0.25, -0.2) is 14.4 Å². The molecule has 1 saturated heterocycles. The van der Waals surface area contributed by atoms with Gasteiger partial charge in [0.25, 0.3) is 0 Å². The summed E-state index contributed by atoms with van der Waals surface area (Å²) >= 11 is 0. The maximum atomic E-state index is 14.8. The topological polar surface area (TPSA) is 143 Å². The first kappa shape index (κ1) is 26.7. The van der Waals surface area contributed by atoms with Gasteiger partial charge in [0.2, 0.25) is 5.95 Å². The highest BCUT2D eigenvalue weighted by Crippen LogP contribution is 2.28. The molecule has 0 aliphatic carbocycles. The number of halogens is 1. The Morgan fingerprint density at radius 1 is 1.22 bits per heavy atom. The maximum Gasteiger partial charge on any atom is 0.380 e. The van der Waals surface area contributed by atoms with Gasteiger partial charge in [-0.3, -0.25) is 4.90 Å². The van der Waals surface area contributed by atoms with E-state index in [0.29, 0.717) is 47.8 Å². The van der Waals surface area contributed by atoms with Gasteiger partial charge in [-0.15, -0.1) is 0 Å². The molecule has 5 N–H and O–H groups in total. The Balaban J connectivity index is 1.43. The van der Waals surface area contributed by atoms with Gasteiger partial charge in [-0.05, 0) is 61.7 Å². The van der Waals surface area contributed by atoms with Crippen molar-refractivity contribution in [2.24, 2.45) is 5.14 Å². The summed E-state index contributed by atoms with van der Waals surface area (Å²) in [5.74, 6) is -0.626. The maximum absolute atomic E-state index is 14.8. The number of benzene rings is 2. The van der Waals surface area contributed by atoms with Crippen molar-refractivity contribution in [3.05, 3.63) is 65.6 Å². The first-order valence-electron chi connectivity index (χ1n) is 11.9. The van der Waals surface area contributed by atoms with Crippen LogP contribution in [0.3, 0.4) is 0 Å². The molecule has 0 bridgehead atoms. The lowest BCUT2D eigenvalue weighted by atomic mass is 10.0. The van der Waals surface area contributed by atoms with Gasteiger partial charge in [0.15, 0.2) is 11.5 Å². The molecule has 2 atom stereocenters. The summed E-state index contributed by atoms with van der Waals surface area (Å²) in [6.45, 7) is 7.29. The molecule has 0 spiro atoms. The van der Waals surface area contributed by atoms with E-state index < -0.39 is 10.3 Å². The standard InChI is InChI=1S/C25H31FN6O4S/c1-16-14-32(17(2)13-30-16)15-19-3-5-21(26)20(11-19)22-8-10-29-25(31-22)28-9-7-18-4-6-23(33)24(12-18)36-37(27,34)35/h3-6,8,10-12,16-17,30,33H,7,9,13-15H2,1-2H3,(H2,27,34,35)(H,28,29,31)/t16-,17-/m0/s1. The summed E-state index contributed by atoms with van der Waals surface area (Å²) < 4.78 is 41.7. The van der Waals surface area contributed by atoms with Crippen LogP contribution in [0.5, 0.6) is 11.5 Å². The number of anilines is 1. The van der Waals surface area contributed by atoms with Crippen molar-refractivity contribution in [1.29, 1.82) is 0 Å². The molecule has 1 fully saturated rings. The predicted octanol–water partition coefficient (Wildman–Crippen LogP) is 2.41. The van der Waals surface area contributed by atoms with E-state index in [0.717, 1.165) is 25.2 Å². The van der Waals surface area contributed by atoms with Crippen LogP contribution in [-0.2, 0) is 23.3 Å². The first-order valence-corrected chi connectivity index (χ1v) is 13.4. The number of hydrogen-bond donors (Lipinski definition) is 4. The molecule has 4 rings (SSSR count). The SMILES string of the molecule is C[C@H]1CN(Cc2ccc(F)c(-c3ccnc(NCCc4ccc(O)c(OS(N)(=O)=O)c4)n3)c2)[C@@H](C)CN1. The van der Waals surface area contributed by atoms with Crippen LogP contribution in [0.4, 0.5) is 10.3 Å². The lowest BCUT2D eigenvalue weighted by molar-refractivity contribution is 0.139. The van der Waals surface area contributed by atoms with Gasteiger partial charge in [0.05, 0.1) is 5.69 Å². The number of nitrogens with one attached hydrogen (secondary N) is 2. The molecule has 3 aromatic rings. The minimum absolute atomic E-state index is 0.252. The average Bonchev–Trinajstić information content (AvgIpc) is 2.84. The molecule has 0 unspecified atom stereocenters. The number of phenolic OH excluding ortho intramolecular Hbond substituents is 1. The monoisotopic (exact) mass is 530 g/mol. The zero-order valence-corrected chi connectivity index (χ0v) is 21.5. The second kappa shape index (κ2) is 11.4. The number of aromatic nitrogens is 2. The van der Waals surface area contributed by atoms with Crippen LogP contribution in [0.2, 0.25) is 0 Å².